The number of aliphatic hydroxyl groups excluding tert-OH is 1. The number of aryl methyl sites for hydroxylation is 1. The van der Waals surface area contributed by atoms with E-state index < -0.39 is 6.10 Å². The normalized spacial score (nSPS) is 12.6. The lowest BCUT2D eigenvalue weighted by Gasteiger charge is -2.17. The molecular weight excluding hydrogens is 228 g/mol. The Labute approximate surface area is 110 Å². The molecule has 1 N–H and O–H groups in total. The van der Waals surface area contributed by atoms with Crippen molar-refractivity contribution in [2.24, 2.45) is 5.92 Å². The molecule has 0 aliphatic heterocycles. The highest BCUT2D eigenvalue weighted by Crippen LogP contribution is 2.34. The van der Waals surface area contributed by atoms with Crippen molar-refractivity contribution in [2.45, 2.75) is 39.7 Å². The van der Waals surface area contributed by atoms with Crippen LogP contribution in [0.2, 0.25) is 0 Å². The molecule has 0 fully saturated rings. The van der Waals surface area contributed by atoms with Crippen molar-refractivity contribution >= 4 is 0 Å². The van der Waals surface area contributed by atoms with Crippen molar-refractivity contribution in [3.8, 4) is 11.5 Å². The molecule has 0 aromatic heterocycles. The number of benzene rings is 1. The van der Waals surface area contributed by atoms with Crippen LogP contribution in [0.15, 0.2) is 12.1 Å². The fraction of sp³-hybridized carbons (Fsp3) is 0.600. The van der Waals surface area contributed by atoms with Crippen molar-refractivity contribution in [3.05, 3.63) is 23.3 Å². The van der Waals surface area contributed by atoms with Crippen molar-refractivity contribution < 1.29 is 14.6 Å². The highest BCUT2D eigenvalue weighted by molar-refractivity contribution is 5.47. The van der Waals surface area contributed by atoms with Gasteiger partial charge in [-0.2, -0.15) is 0 Å². The molecule has 102 valence electrons. The monoisotopic (exact) mass is 252 g/mol. The third kappa shape index (κ3) is 3.64. The fourth-order valence-electron chi connectivity index (χ4n) is 2.00. The zero-order chi connectivity index (χ0) is 13.7. The van der Waals surface area contributed by atoms with Crippen LogP contribution in [-0.2, 0) is 0 Å². The molecule has 0 bridgehead atoms. The average Bonchev–Trinajstić information content (AvgIpc) is 2.35. The van der Waals surface area contributed by atoms with Gasteiger partial charge in [0, 0.05) is 0 Å². The molecule has 0 saturated heterocycles. The first kappa shape index (κ1) is 14.8. The average molecular weight is 252 g/mol. The maximum atomic E-state index is 10.2. The van der Waals surface area contributed by atoms with Crippen LogP contribution in [0.5, 0.6) is 11.5 Å². The molecule has 1 aromatic carbocycles. The minimum Gasteiger partial charge on any atom is -0.493 e. The van der Waals surface area contributed by atoms with Gasteiger partial charge >= 0.3 is 0 Å². The highest BCUT2D eigenvalue weighted by Gasteiger charge is 2.15. The van der Waals surface area contributed by atoms with E-state index in [9.17, 15) is 5.11 Å². The van der Waals surface area contributed by atoms with Crippen LogP contribution >= 0.6 is 0 Å². The molecule has 0 saturated carbocycles. The summed E-state index contributed by atoms with van der Waals surface area (Å²) in [6, 6.07) is 3.78. The van der Waals surface area contributed by atoms with Crippen molar-refractivity contribution in [3.63, 3.8) is 0 Å². The van der Waals surface area contributed by atoms with Crippen molar-refractivity contribution in [2.75, 3.05) is 14.2 Å². The molecule has 0 amide bonds. The SMILES string of the molecule is COc1cc(C)c(C(O)CCC(C)C)cc1OC. The van der Waals surface area contributed by atoms with Crippen LogP contribution in [-0.4, -0.2) is 19.3 Å². The van der Waals surface area contributed by atoms with E-state index in [1.807, 2.05) is 19.1 Å². The quantitative estimate of drug-likeness (QED) is 0.842. The van der Waals surface area contributed by atoms with Gasteiger partial charge in [-0.25, -0.2) is 0 Å². The van der Waals surface area contributed by atoms with E-state index in [-0.39, 0.29) is 0 Å². The molecule has 1 rings (SSSR count). The summed E-state index contributed by atoms with van der Waals surface area (Å²) in [7, 11) is 3.23. The summed E-state index contributed by atoms with van der Waals surface area (Å²) in [6.07, 6.45) is 1.34. The Bertz CT molecular complexity index is 386. The van der Waals surface area contributed by atoms with E-state index in [1.165, 1.54) is 0 Å². The summed E-state index contributed by atoms with van der Waals surface area (Å²) < 4.78 is 10.5. The van der Waals surface area contributed by atoms with E-state index in [2.05, 4.69) is 13.8 Å². The first-order chi connectivity index (χ1) is 8.49. The lowest BCUT2D eigenvalue weighted by molar-refractivity contribution is 0.158. The predicted molar refractivity (Wildman–Crippen MR) is 73.3 cm³/mol. The first-order valence-electron chi connectivity index (χ1n) is 6.40. The minimum absolute atomic E-state index is 0.438. The van der Waals surface area contributed by atoms with Crippen LogP contribution in [0, 0.1) is 12.8 Å². The van der Waals surface area contributed by atoms with E-state index in [1.54, 1.807) is 14.2 Å². The molecular formula is C15H24O3. The molecule has 3 nitrogen and oxygen atoms in total. The minimum atomic E-state index is -0.438. The smallest absolute Gasteiger partial charge is 0.161 e. The Hall–Kier alpha value is -1.22. The first-order valence-corrected chi connectivity index (χ1v) is 6.40. The summed E-state index contributed by atoms with van der Waals surface area (Å²) in [5.41, 5.74) is 1.96. The number of aliphatic hydroxyl groups is 1. The Morgan fingerprint density at radius 2 is 1.61 bits per heavy atom. The van der Waals surface area contributed by atoms with Crippen LogP contribution in [0.3, 0.4) is 0 Å². The van der Waals surface area contributed by atoms with Gasteiger partial charge in [0.15, 0.2) is 11.5 Å². The Kier molecular flexibility index (Phi) is 5.48. The number of rotatable bonds is 6. The van der Waals surface area contributed by atoms with Gasteiger partial charge in [0.05, 0.1) is 20.3 Å². The largest absolute Gasteiger partial charge is 0.493 e. The zero-order valence-corrected chi connectivity index (χ0v) is 12.0. The van der Waals surface area contributed by atoms with Crippen molar-refractivity contribution in [1.29, 1.82) is 0 Å². The third-order valence-electron chi connectivity index (χ3n) is 3.15. The topological polar surface area (TPSA) is 38.7 Å². The summed E-state index contributed by atoms with van der Waals surface area (Å²) in [6.45, 7) is 6.30. The van der Waals surface area contributed by atoms with E-state index >= 15 is 0 Å². The Balaban J connectivity index is 2.94. The van der Waals surface area contributed by atoms with Gasteiger partial charge in [0.2, 0.25) is 0 Å². The highest BCUT2D eigenvalue weighted by atomic mass is 16.5. The zero-order valence-electron chi connectivity index (χ0n) is 12.0. The van der Waals surface area contributed by atoms with Crippen LogP contribution in [0.4, 0.5) is 0 Å². The summed E-state index contributed by atoms with van der Waals surface area (Å²) in [5.74, 6) is 1.97. The van der Waals surface area contributed by atoms with Crippen LogP contribution in [0.1, 0.15) is 43.9 Å². The van der Waals surface area contributed by atoms with E-state index in [0.717, 1.165) is 24.0 Å². The van der Waals surface area contributed by atoms with E-state index in [4.69, 9.17) is 9.47 Å². The molecule has 18 heavy (non-hydrogen) atoms. The summed E-state index contributed by atoms with van der Waals surface area (Å²) in [5, 5.41) is 10.2. The second-order valence-corrected chi connectivity index (χ2v) is 5.05. The number of ether oxygens (including phenoxy) is 2. The number of methoxy groups -OCH3 is 2. The van der Waals surface area contributed by atoms with Gasteiger partial charge in [-0.15, -0.1) is 0 Å². The van der Waals surface area contributed by atoms with Crippen molar-refractivity contribution in [1.82, 2.24) is 0 Å². The second-order valence-electron chi connectivity index (χ2n) is 5.05. The maximum absolute atomic E-state index is 10.2. The molecule has 0 radical (unpaired) electrons. The van der Waals surface area contributed by atoms with Gasteiger partial charge in [-0.1, -0.05) is 13.8 Å². The molecule has 0 spiro atoms. The fourth-order valence-corrected chi connectivity index (χ4v) is 2.00. The van der Waals surface area contributed by atoms with Gasteiger partial charge in [-0.3, -0.25) is 0 Å². The molecule has 1 atom stereocenters. The lowest BCUT2D eigenvalue weighted by atomic mass is 9.96. The molecule has 0 aliphatic carbocycles. The van der Waals surface area contributed by atoms with Gasteiger partial charge in [0.1, 0.15) is 0 Å². The number of hydrogen-bond acceptors (Lipinski definition) is 3. The molecule has 3 heteroatoms. The predicted octanol–water partition coefficient (Wildman–Crippen LogP) is 3.48. The number of hydrogen-bond donors (Lipinski definition) is 1. The molecule has 0 aliphatic rings. The van der Waals surface area contributed by atoms with Gasteiger partial charge < -0.3 is 14.6 Å². The van der Waals surface area contributed by atoms with E-state index in [0.29, 0.717) is 17.4 Å². The molecule has 0 heterocycles. The third-order valence-corrected chi connectivity index (χ3v) is 3.15. The van der Waals surface area contributed by atoms with Gasteiger partial charge in [-0.05, 0) is 48.9 Å². The Morgan fingerprint density at radius 3 is 2.11 bits per heavy atom. The van der Waals surface area contributed by atoms with Gasteiger partial charge in [0.25, 0.3) is 0 Å². The standard InChI is InChI=1S/C15H24O3/c1-10(2)6-7-13(16)12-9-15(18-5)14(17-4)8-11(12)3/h8-10,13,16H,6-7H2,1-5H3. The maximum Gasteiger partial charge on any atom is 0.161 e. The Morgan fingerprint density at radius 1 is 1.06 bits per heavy atom. The van der Waals surface area contributed by atoms with Crippen LogP contribution < -0.4 is 9.47 Å². The lowest BCUT2D eigenvalue weighted by Crippen LogP contribution is -2.03. The second kappa shape index (κ2) is 6.64. The molecule has 1 aromatic rings. The van der Waals surface area contributed by atoms with Crippen LogP contribution in [0.25, 0.3) is 0 Å². The summed E-state index contributed by atoms with van der Waals surface area (Å²) >= 11 is 0. The molecule has 1 unspecified atom stereocenters. The summed E-state index contributed by atoms with van der Waals surface area (Å²) in [4.78, 5) is 0.